The van der Waals surface area contributed by atoms with Gasteiger partial charge in [0.25, 0.3) is 5.91 Å². The monoisotopic (exact) mass is 238 g/mol. The first-order valence-corrected chi connectivity index (χ1v) is 5.95. The highest BCUT2D eigenvalue weighted by Crippen LogP contribution is 2.33. The molecule has 1 saturated carbocycles. The number of pyridine rings is 1. The Morgan fingerprint density at radius 3 is 3.06 bits per heavy atom. The van der Waals surface area contributed by atoms with E-state index in [2.05, 4.69) is 10.3 Å². The van der Waals surface area contributed by atoms with Crippen LogP contribution in [0.25, 0.3) is 0 Å². The van der Waals surface area contributed by atoms with Crippen LogP contribution in [-0.2, 0) is 0 Å². The van der Waals surface area contributed by atoms with Gasteiger partial charge >= 0.3 is 0 Å². The van der Waals surface area contributed by atoms with Gasteiger partial charge in [0.05, 0.1) is 0 Å². The zero-order chi connectivity index (χ0) is 11.5. The summed E-state index contributed by atoms with van der Waals surface area (Å²) in [6, 6.07) is 3.48. The van der Waals surface area contributed by atoms with E-state index in [1.807, 2.05) is 6.92 Å². The summed E-state index contributed by atoms with van der Waals surface area (Å²) in [4.78, 5) is 15.7. The summed E-state index contributed by atoms with van der Waals surface area (Å²) in [5.41, 5.74) is 0.572. The van der Waals surface area contributed by atoms with Gasteiger partial charge in [-0.1, -0.05) is 24.4 Å². The van der Waals surface area contributed by atoms with Crippen LogP contribution in [0.3, 0.4) is 0 Å². The molecule has 1 heterocycles. The number of nitrogens with zero attached hydrogens (tertiary/aromatic N) is 1. The summed E-state index contributed by atoms with van der Waals surface area (Å²) in [6.07, 6.45) is 5.23. The number of aromatic nitrogens is 1. The molecule has 1 unspecified atom stereocenters. The Labute approximate surface area is 100 Å². The van der Waals surface area contributed by atoms with Crippen molar-refractivity contribution in [2.45, 2.75) is 32.2 Å². The normalized spacial score (nSPS) is 16.9. The van der Waals surface area contributed by atoms with Crippen molar-refractivity contribution < 1.29 is 4.79 Å². The van der Waals surface area contributed by atoms with Crippen molar-refractivity contribution in [2.75, 3.05) is 0 Å². The van der Waals surface area contributed by atoms with Gasteiger partial charge in [-0.2, -0.15) is 0 Å². The number of hydrogen-bond acceptors (Lipinski definition) is 2. The van der Waals surface area contributed by atoms with Gasteiger partial charge in [-0.05, 0) is 31.4 Å². The van der Waals surface area contributed by atoms with Crippen molar-refractivity contribution in [3.05, 3.63) is 29.0 Å². The molecule has 0 saturated heterocycles. The van der Waals surface area contributed by atoms with E-state index >= 15 is 0 Å². The van der Waals surface area contributed by atoms with E-state index < -0.39 is 0 Å². The number of carbonyl (C=O) groups excluding carboxylic acids is 1. The SMILES string of the molecule is CC(CC1CC1)NC(=O)c1ccnc(Cl)c1. The van der Waals surface area contributed by atoms with Crippen LogP contribution in [0.1, 0.15) is 36.5 Å². The van der Waals surface area contributed by atoms with E-state index in [1.54, 1.807) is 18.3 Å². The van der Waals surface area contributed by atoms with Gasteiger partial charge < -0.3 is 5.32 Å². The van der Waals surface area contributed by atoms with E-state index in [0.29, 0.717) is 10.7 Å². The third-order valence-corrected chi connectivity index (χ3v) is 2.96. The van der Waals surface area contributed by atoms with Crippen LogP contribution in [0.15, 0.2) is 18.3 Å². The second-order valence-electron chi connectivity index (χ2n) is 4.42. The minimum absolute atomic E-state index is 0.0718. The van der Waals surface area contributed by atoms with Crippen molar-refractivity contribution in [1.29, 1.82) is 0 Å². The molecule has 3 nitrogen and oxygen atoms in total. The van der Waals surface area contributed by atoms with Gasteiger partial charge in [0, 0.05) is 17.8 Å². The third kappa shape index (κ3) is 3.20. The quantitative estimate of drug-likeness (QED) is 0.820. The van der Waals surface area contributed by atoms with E-state index in [9.17, 15) is 4.79 Å². The van der Waals surface area contributed by atoms with Crippen LogP contribution in [0.5, 0.6) is 0 Å². The van der Waals surface area contributed by atoms with Crippen molar-refractivity contribution in [3.63, 3.8) is 0 Å². The molecule has 1 amide bonds. The molecule has 16 heavy (non-hydrogen) atoms. The summed E-state index contributed by atoms with van der Waals surface area (Å²) in [7, 11) is 0. The van der Waals surface area contributed by atoms with E-state index in [-0.39, 0.29) is 11.9 Å². The van der Waals surface area contributed by atoms with E-state index in [1.165, 1.54) is 12.8 Å². The molecular formula is C12H15ClN2O. The summed E-state index contributed by atoms with van der Waals surface area (Å²) in [5, 5.41) is 3.32. The summed E-state index contributed by atoms with van der Waals surface area (Å²) >= 11 is 5.73. The zero-order valence-corrected chi connectivity index (χ0v) is 10.00. The van der Waals surface area contributed by atoms with Crippen molar-refractivity contribution in [1.82, 2.24) is 10.3 Å². The summed E-state index contributed by atoms with van der Waals surface area (Å²) in [6.45, 7) is 2.04. The summed E-state index contributed by atoms with van der Waals surface area (Å²) in [5.74, 6) is 0.744. The number of halogens is 1. The first kappa shape index (κ1) is 11.4. The maximum Gasteiger partial charge on any atom is 0.251 e. The lowest BCUT2D eigenvalue weighted by Gasteiger charge is -2.13. The predicted octanol–water partition coefficient (Wildman–Crippen LogP) is 2.65. The fourth-order valence-electron chi connectivity index (χ4n) is 1.76. The van der Waals surface area contributed by atoms with Crippen molar-refractivity contribution >= 4 is 17.5 Å². The Bertz CT molecular complexity index is 390. The second kappa shape index (κ2) is 4.83. The van der Waals surface area contributed by atoms with E-state index in [4.69, 9.17) is 11.6 Å². The fourth-order valence-corrected chi connectivity index (χ4v) is 1.94. The van der Waals surface area contributed by atoms with Crippen molar-refractivity contribution in [2.24, 2.45) is 5.92 Å². The maximum atomic E-state index is 11.8. The maximum absolute atomic E-state index is 11.8. The van der Waals surface area contributed by atoms with Crippen LogP contribution >= 0.6 is 11.6 Å². The molecule has 0 radical (unpaired) electrons. The van der Waals surface area contributed by atoms with Gasteiger partial charge in [0.2, 0.25) is 0 Å². The fraction of sp³-hybridized carbons (Fsp3) is 0.500. The molecule has 4 heteroatoms. The van der Waals surface area contributed by atoms with Crippen LogP contribution in [0, 0.1) is 5.92 Å². The topological polar surface area (TPSA) is 42.0 Å². The highest BCUT2D eigenvalue weighted by molar-refractivity contribution is 6.29. The molecule has 2 rings (SSSR count). The first-order chi connectivity index (χ1) is 7.65. The van der Waals surface area contributed by atoms with Gasteiger partial charge in [0.15, 0.2) is 0 Å². The molecule has 0 spiro atoms. The number of amides is 1. The third-order valence-electron chi connectivity index (χ3n) is 2.75. The number of nitrogens with one attached hydrogen (secondary N) is 1. The van der Waals surface area contributed by atoms with Crippen LogP contribution in [0.2, 0.25) is 5.15 Å². The molecule has 1 N–H and O–H groups in total. The molecule has 0 bridgehead atoms. The lowest BCUT2D eigenvalue weighted by molar-refractivity contribution is 0.0937. The first-order valence-electron chi connectivity index (χ1n) is 5.57. The Hall–Kier alpha value is -1.09. The average molecular weight is 239 g/mol. The number of rotatable bonds is 4. The lowest BCUT2D eigenvalue weighted by atomic mass is 10.1. The Morgan fingerprint density at radius 2 is 2.44 bits per heavy atom. The highest BCUT2D eigenvalue weighted by atomic mass is 35.5. The molecule has 1 fully saturated rings. The molecule has 0 aromatic carbocycles. The van der Waals surface area contributed by atoms with Crippen LogP contribution in [-0.4, -0.2) is 16.9 Å². The molecule has 0 aliphatic heterocycles. The Kier molecular flexibility index (Phi) is 3.44. The van der Waals surface area contributed by atoms with Gasteiger partial charge in [0.1, 0.15) is 5.15 Å². The highest BCUT2D eigenvalue weighted by Gasteiger charge is 2.24. The lowest BCUT2D eigenvalue weighted by Crippen LogP contribution is -2.32. The van der Waals surface area contributed by atoms with Gasteiger partial charge in [-0.25, -0.2) is 4.98 Å². The van der Waals surface area contributed by atoms with Crippen molar-refractivity contribution in [3.8, 4) is 0 Å². The van der Waals surface area contributed by atoms with Crippen LogP contribution in [0.4, 0.5) is 0 Å². The molecule has 1 aromatic rings. The number of carbonyl (C=O) groups is 1. The second-order valence-corrected chi connectivity index (χ2v) is 4.81. The molecule has 1 aromatic heterocycles. The molecule has 1 aliphatic carbocycles. The minimum Gasteiger partial charge on any atom is -0.350 e. The molecule has 1 aliphatic rings. The Balaban J connectivity index is 1.91. The minimum atomic E-state index is -0.0718. The molecule has 86 valence electrons. The van der Waals surface area contributed by atoms with Crippen LogP contribution < -0.4 is 5.32 Å². The smallest absolute Gasteiger partial charge is 0.251 e. The number of hydrogen-bond donors (Lipinski definition) is 1. The van der Waals surface area contributed by atoms with Gasteiger partial charge in [-0.15, -0.1) is 0 Å². The standard InChI is InChI=1S/C12H15ClN2O/c1-8(6-9-2-3-9)15-12(16)10-4-5-14-11(13)7-10/h4-5,7-9H,2-3,6H2,1H3,(H,15,16). The average Bonchev–Trinajstić information content (AvgIpc) is 3.01. The van der Waals surface area contributed by atoms with Gasteiger partial charge in [-0.3, -0.25) is 4.79 Å². The largest absolute Gasteiger partial charge is 0.350 e. The molecular weight excluding hydrogens is 224 g/mol. The summed E-state index contributed by atoms with van der Waals surface area (Å²) < 4.78 is 0. The predicted molar refractivity (Wildman–Crippen MR) is 63.5 cm³/mol. The Morgan fingerprint density at radius 1 is 1.69 bits per heavy atom. The van der Waals surface area contributed by atoms with E-state index in [0.717, 1.165) is 12.3 Å². The zero-order valence-electron chi connectivity index (χ0n) is 9.24. The molecule has 1 atom stereocenters.